The zero-order chi connectivity index (χ0) is 12.4. The lowest BCUT2D eigenvalue weighted by Gasteiger charge is -2.11. The van der Waals surface area contributed by atoms with E-state index in [9.17, 15) is 9.59 Å². The van der Waals surface area contributed by atoms with Crippen LogP contribution in [0.15, 0.2) is 0 Å². The molecule has 6 nitrogen and oxygen atoms in total. The van der Waals surface area contributed by atoms with Gasteiger partial charge in [-0.25, -0.2) is 0 Å². The topological polar surface area (TPSA) is 113 Å². The van der Waals surface area contributed by atoms with E-state index in [0.29, 0.717) is 19.4 Å². The minimum Gasteiger partial charge on any atom is -0.481 e. The number of aliphatic hydroxyl groups is 1. The Hall–Kier alpha value is -1.14. The van der Waals surface area contributed by atoms with Crippen molar-refractivity contribution < 1.29 is 19.8 Å². The number of unbranched alkanes of at least 4 members (excludes halogenated alkanes) is 1. The van der Waals surface area contributed by atoms with Crippen molar-refractivity contribution >= 4 is 11.9 Å². The smallest absolute Gasteiger partial charge is 0.307 e. The predicted molar refractivity (Wildman–Crippen MR) is 58.7 cm³/mol. The molecule has 0 saturated heterocycles. The Morgan fingerprint density at radius 2 is 2.00 bits per heavy atom. The number of nitrogens with one attached hydrogen (secondary N) is 1. The van der Waals surface area contributed by atoms with E-state index in [-0.39, 0.29) is 25.5 Å². The van der Waals surface area contributed by atoms with Crippen LogP contribution in [-0.4, -0.2) is 41.8 Å². The molecule has 0 fully saturated rings. The van der Waals surface area contributed by atoms with Crippen molar-refractivity contribution in [2.45, 2.75) is 25.7 Å². The summed E-state index contributed by atoms with van der Waals surface area (Å²) < 4.78 is 0. The van der Waals surface area contributed by atoms with Gasteiger partial charge in [-0.2, -0.15) is 0 Å². The molecule has 0 rings (SSSR count). The first kappa shape index (κ1) is 14.9. The summed E-state index contributed by atoms with van der Waals surface area (Å²) in [5, 5.41) is 19.8. The Balaban J connectivity index is 3.92. The molecule has 0 aromatic carbocycles. The monoisotopic (exact) mass is 232 g/mol. The van der Waals surface area contributed by atoms with Crippen LogP contribution < -0.4 is 11.1 Å². The number of rotatable bonds is 9. The van der Waals surface area contributed by atoms with Gasteiger partial charge in [-0.1, -0.05) is 6.42 Å². The van der Waals surface area contributed by atoms with Crippen LogP contribution in [0.25, 0.3) is 0 Å². The average Bonchev–Trinajstić information content (AvgIpc) is 2.25. The lowest BCUT2D eigenvalue weighted by molar-refractivity contribution is -0.144. The maximum Gasteiger partial charge on any atom is 0.307 e. The summed E-state index contributed by atoms with van der Waals surface area (Å²) in [5.74, 6) is -1.96. The molecule has 1 unspecified atom stereocenters. The Kier molecular flexibility index (Phi) is 8.46. The van der Waals surface area contributed by atoms with Crippen molar-refractivity contribution in [1.82, 2.24) is 5.32 Å². The number of carboxylic acids is 1. The summed E-state index contributed by atoms with van der Waals surface area (Å²) in [6, 6.07) is 0. The van der Waals surface area contributed by atoms with E-state index in [1.54, 1.807) is 0 Å². The number of hydrogen-bond acceptors (Lipinski definition) is 4. The van der Waals surface area contributed by atoms with Crippen LogP contribution in [0.1, 0.15) is 25.7 Å². The molecular weight excluding hydrogens is 212 g/mol. The van der Waals surface area contributed by atoms with Gasteiger partial charge in [0.15, 0.2) is 0 Å². The van der Waals surface area contributed by atoms with Gasteiger partial charge in [0.05, 0.1) is 12.5 Å². The third kappa shape index (κ3) is 7.19. The zero-order valence-corrected chi connectivity index (χ0v) is 9.32. The second-order valence-corrected chi connectivity index (χ2v) is 3.60. The second-order valence-electron chi connectivity index (χ2n) is 3.60. The van der Waals surface area contributed by atoms with E-state index in [1.165, 1.54) is 0 Å². The first-order chi connectivity index (χ1) is 7.61. The van der Waals surface area contributed by atoms with Crippen molar-refractivity contribution in [2.75, 3.05) is 19.7 Å². The molecule has 6 heteroatoms. The summed E-state index contributed by atoms with van der Waals surface area (Å²) in [7, 11) is 0. The highest BCUT2D eigenvalue weighted by molar-refractivity contribution is 5.82. The SMILES string of the molecule is NCCCCC(CC(=O)NCCO)C(=O)O. The van der Waals surface area contributed by atoms with Gasteiger partial charge in [-0.3, -0.25) is 9.59 Å². The van der Waals surface area contributed by atoms with Crippen LogP contribution in [0.2, 0.25) is 0 Å². The maximum absolute atomic E-state index is 11.2. The number of aliphatic hydroxyl groups excluding tert-OH is 1. The number of carbonyl (C=O) groups is 2. The Morgan fingerprint density at radius 1 is 1.31 bits per heavy atom. The molecule has 0 bridgehead atoms. The normalized spacial score (nSPS) is 12.1. The first-order valence-electron chi connectivity index (χ1n) is 5.42. The van der Waals surface area contributed by atoms with Gasteiger partial charge in [0.2, 0.25) is 5.91 Å². The lowest BCUT2D eigenvalue weighted by Crippen LogP contribution is -2.30. The molecule has 0 aliphatic rings. The molecule has 1 amide bonds. The maximum atomic E-state index is 11.2. The molecule has 0 spiro atoms. The van der Waals surface area contributed by atoms with Gasteiger partial charge >= 0.3 is 5.97 Å². The van der Waals surface area contributed by atoms with Gasteiger partial charge in [-0.15, -0.1) is 0 Å². The Morgan fingerprint density at radius 3 is 2.50 bits per heavy atom. The summed E-state index contributed by atoms with van der Waals surface area (Å²) >= 11 is 0. The zero-order valence-electron chi connectivity index (χ0n) is 9.32. The molecule has 16 heavy (non-hydrogen) atoms. The molecule has 0 heterocycles. The third-order valence-electron chi connectivity index (χ3n) is 2.22. The lowest BCUT2D eigenvalue weighted by atomic mass is 9.98. The number of nitrogens with two attached hydrogens (primary N) is 1. The number of carboxylic acid groups (broad SMARTS) is 1. The van der Waals surface area contributed by atoms with Gasteiger partial charge in [0, 0.05) is 13.0 Å². The predicted octanol–water partition coefficient (Wildman–Crippen LogP) is -0.685. The second kappa shape index (κ2) is 9.11. The fraction of sp³-hybridized carbons (Fsp3) is 0.800. The van der Waals surface area contributed by atoms with Gasteiger partial charge in [0.1, 0.15) is 0 Å². The van der Waals surface area contributed by atoms with Crippen molar-refractivity contribution in [2.24, 2.45) is 11.7 Å². The number of hydrogen-bond donors (Lipinski definition) is 4. The standard InChI is InChI=1S/C10H20N2O4/c11-4-2-1-3-8(10(15)16)7-9(14)12-5-6-13/h8,13H,1-7,11H2,(H,12,14)(H,15,16). The minimum atomic E-state index is -0.962. The third-order valence-corrected chi connectivity index (χ3v) is 2.22. The summed E-state index contributed by atoms with van der Waals surface area (Å²) in [6.07, 6.45) is 1.89. The van der Waals surface area contributed by atoms with Gasteiger partial charge < -0.3 is 21.3 Å². The van der Waals surface area contributed by atoms with E-state index in [2.05, 4.69) is 5.32 Å². The van der Waals surface area contributed by atoms with Crippen molar-refractivity contribution in [3.05, 3.63) is 0 Å². The van der Waals surface area contributed by atoms with Crippen molar-refractivity contribution in [3.8, 4) is 0 Å². The Bertz CT molecular complexity index is 221. The summed E-state index contributed by atoms with van der Waals surface area (Å²) in [4.78, 5) is 22.1. The van der Waals surface area contributed by atoms with Crippen molar-refractivity contribution in [3.63, 3.8) is 0 Å². The van der Waals surface area contributed by atoms with E-state index < -0.39 is 11.9 Å². The Labute approximate surface area is 94.8 Å². The summed E-state index contributed by atoms with van der Waals surface area (Å²) in [6.45, 7) is 0.549. The molecule has 5 N–H and O–H groups in total. The molecule has 0 aromatic heterocycles. The van der Waals surface area contributed by atoms with Gasteiger partial charge in [0.25, 0.3) is 0 Å². The highest BCUT2D eigenvalue weighted by Gasteiger charge is 2.20. The number of amides is 1. The molecule has 0 aromatic rings. The first-order valence-corrected chi connectivity index (χ1v) is 5.42. The molecule has 0 radical (unpaired) electrons. The van der Waals surface area contributed by atoms with Crippen LogP contribution in [0.4, 0.5) is 0 Å². The van der Waals surface area contributed by atoms with E-state index in [0.717, 1.165) is 6.42 Å². The molecule has 94 valence electrons. The van der Waals surface area contributed by atoms with E-state index in [4.69, 9.17) is 15.9 Å². The molecule has 1 atom stereocenters. The number of aliphatic carboxylic acids is 1. The molecule has 0 aliphatic carbocycles. The molecule has 0 aliphatic heterocycles. The fourth-order valence-electron chi connectivity index (χ4n) is 1.34. The van der Waals surface area contributed by atoms with Crippen molar-refractivity contribution in [1.29, 1.82) is 0 Å². The average molecular weight is 232 g/mol. The molecule has 0 saturated carbocycles. The van der Waals surface area contributed by atoms with Crippen LogP contribution >= 0.6 is 0 Å². The fourth-order valence-corrected chi connectivity index (χ4v) is 1.34. The molecular formula is C10H20N2O4. The van der Waals surface area contributed by atoms with Crippen LogP contribution in [0.3, 0.4) is 0 Å². The van der Waals surface area contributed by atoms with Crippen LogP contribution in [0, 0.1) is 5.92 Å². The minimum absolute atomic E-state index is 0.0418. The largest absolute Gasteiger partial charge is 0.481 e. The summed E-state index contributed by atoms with van der Waals surface area (Å²) in [5.41, 5.74) is 5.30. The van der Waals surface area contributed by atoms with E-state index >= 15 is 0 Å². The highest BCUT2D eigenvalue weighted by atomic mass is 16.4. The van der Waals surface area contributed by atoms with Crippen LogP contribution in [0.5, 0.6) is 0 Å². The van der Waals surface area contributed by atoms with Gasteiger partial charge in [-0.05, 0) is 19.4 Å². The highest BCUT2D eigenvalue weighted by Crippen LogP contribution is 2.12. The quantitative estimate of drug-likeness (QED) is 0.393. The van der Waals surface area contributed by atoms with Crippen LogP contribution in [-0.2, 0) is 9.59 Å². The van der Waals surface area contributed by atoms with E-state index in [1.807, 2.05) is 0 Å². The number of carbonyl (C=O) groups excluding carboxylic acids is 1.